The molecule has 1 unspecified atom stereocenters. The molecule has 0 heterocycles. The zero-order chi connectivity index (χ0) is 11.8. The average molecular weight is 216 g/mol. The van der Waals surface area contributed by atoms with Crippen LogP contribution in [0.25, 0.3) is 0 Å². The van der Waals surface area contributed by atoms with Gasteiger partial charge in [0.2, 0.25) is 5.91 Å². The van der Waals surface area contributed by atoms with E-state index in [0.29, 0.717) is 25.6 Å². The van der Waals surface area contributed by atoms with Crippen LogP contribution in [0.15, 0.2) is 0 Å². The van der Waals surface area contributed by atoms with Gasteiger partial charge in [0.15, 0.2) is 0 Å². The summed E-state index contributed by atoms with van der Waals surface area (Å²) in [4.78, 5) is 11.6. The first-order chi connectivity index (χ1) is 7.02. The molecule has 0 aliphatic carbocycles. The van der Waals surface area contributed by atoms with E-state index >= 15 is 0 Å². The minimum atomic E-state index is -0.409. The summed E-state index contributed by atoms with van der Waals surface area (Å²) in [6.07, 6.45) is 0.658. The molecular weight excluding hydrogens is 192 g/mol. The van der Waals surface area contributed by atoms with Gasteiger partial charge in [0, 0.05) is 6.61 Å². The fraction of sp³-hybridized carbons (Fsp3) is 0.909. The van der Waals surface area contributed by atoms with Crippen molar-refractivity contribution >= 4 is 5.91 Å². The maximum atomic E-state index is 11.6. The molecule has 90 valence electrons. The third-order valence-electron chi connectivity index (χ3n) is 2.41. The Bertz CT molecular complexity index is 183. The number of nitrogens with two attached hydrogens (primary N) is 1. The largest absolute Gasteiger partial charge is 0.380 e. The van der Waals surface area contributed by atoms with Crippen LogP contribution in [-0.2, 0) is 9.53 Å². The molecule has 0 aliphatic heterocycles. The second kappa shape index (κ2) is 7.65. The fourth-order valence-corrected chi connectivity index (χ4v) is 1.12. The van der Waals surface area contributed by atoms with E-state index in [9.17, 15) is 4.79 Å². The number of nitrogens with one attached hydrogen (secondary N) is 1. The Kier molecular flexibility index (Phi) is 7.34. The van der Waals surface area contributed by atoms with Gasteiger partial charge >= 0.3 is 0 Å². The molecule has 0 aromatic carbocycles. The lowest BCUT2D eigenvalue weighted by Crippen LogP contribution is -2.48. The van der Waals surface area contributed by atoms with Crippen LogP contribution in [0.3, 0.4) is 0 Å². The van der Waals surface area contributed by atoms with Gasteiger partial charge in [-0.2, -0.15) is 0 Å². The van der Waals surface area contributed by atoms with Crippen LogP contribution in [-0.4, -0.2) is 31.2 Å². The van der Waals surface area contributed by atoms with Gasteiger partial charge in [-0.25, -0.2) is 0 Å². The lowest BCUT2D eigenvalue weighted by molar-refractivity contribution is -0.124. The summed E-state index contributed by atoms with van der Waals surface area (Å²) in [6, 6.07) is -0.358. The van der Waals surface area contributed by atoms with Gasteiger partial charge in [-0.1, -0.05) is 20.8 Å². The van der Waals surface area contributed by atoms with Gasteiger partial charge in [0.05, 0.1) is 18.7 Å². The van der Waals surface area contributed by atoms with Gasteiger partial charge in [-0.15, -0.1) is 0 Å². The Balaban J connectivity index is 4.09. The standard InChI is InChI=1S/C11H24N2O2/c1-5-9(12)11(14)13-10(8(3)4)7-15-6-2/h8-10H,5-7,12H2,1-4H3,(H,13,14)/t9-,10?/m0/s1. The molecule has 0 aliphatic rings. The fourth-order valence-electron chi connectivity index (χ4n) is 1.12. The Hall–Kier alpha value is -0.610. The van der Waals surface area contributed by atoms with Gasteiger partial charge in [-0.05, 0) is 19.3 Å². The van der Waals surface area contributed by atoms with Gasteiger partial charge in [0.1, 0.15) is 0 Å². The smallest absolute Gasteiger partial charge is 0.237 e. The average Bonchev–Trinajstić information content (AvgIpc) is 2.22. The molecule has 0 spiro atoms. The van der Waals surface area contributed by atoms with E-state index in [2.05, 4.69) is 19.2 Å². The predicted molar refractivity (Wildman–Crippen MR) is 61.5 cm³/mol. The van der Waals surface area contributed by atoms with Crippen LogP contribution in [0.4, 0.5) is 0 Å². The zero-order valence-electron chi connectivity index (χ0n) is 10.2. The molecule has 0 aromatic heterocycles. The molecule has 0 fully saturated rings. The molecule has 4 heteroatoms. The summed E-state index contributed by atoms with van der Waals surface area (Å²) in [5, 5.41) is 2.91. The van der Waals surface area contributed by atoms with Crippen LogP contribution >= 0.6 is 0 Å². The van der Waals surface area contributed by atoms with Crippen LogP contribution < -0.4 is 11.1 Å². The van der Waals surface area contributed by atoms with E-state index in [1.165, 1.54) is 0 Å². The molecule has 0 bridgehead atoms. The van der Waals surface area contributed by atoms with E-state index in [0.717, 1.165) is 0 Å². The molecule has 4 nitrogen and oxygen atoms in total. The number of hydrogen-bond acceptors (Lipinski definition) is 3. The summed E-state index contributed by atoms with van der Waals surface area (Å²) < 4.78 is 5.32. The Morgan fingerprint density at radius 3 is 2.40 bits per heavy atom. The molecule has 0 aromatic rings. The Labute approximate surface area is 92.6 Å². The van der Waals surface area contributed by atoms with Crippen molar-refractivity contribution in [1.29, 1.82) is 0 Å². The molecule has 15 heavy (non-hydrogen) atoms. The third kappa shape index (κ3) is 5.74. The zero-order valence-corrected chi connectivity index (χ0v) is 10.2. The predicted octanol–water partition coefficient (Wildman–Crippen LogP) is 0.901. The lowest BCUT2D eigenvalue weighted by Gasteiger charge is -2.23. The summed E-state index contributed by atoms with van der Waals surface area (Å²) in [7, 11) is 0. The van der Waals surface area contributed by atoms with Crippen LogP contribution in [0.2, 0.25) is 0 Å². The lowest BCUT2D eigenvalue weighted by atomic mass is 10.0. The second-order valence-electron chi connectivity index (χ2n) is 4.03. The Morgan fingerprint density at radius 1 is 1.40 bits per heavy atom. The monoisotopic (exact) mass is 216 g/mol. The normalized spacial score (nSPS) is 15.1. The van der Waals surface area contributed by atoms with Gasteiger partial charge in [-0.3, -0.25) is 4.79 Å². The van der Waals surface area contributed by atoms with Crippen LogP contribution in [0, 0.1) is 5.92 Å². The van der Waals surface area contributed by atoms with E-state index in [4.69, 9.17) is 10.5 Å². The van der Waals surface area contributed by atoms with Crippen LogP contribution in [0.5, 0.6) is 0 Å². The SMILES string of the molecule is CCOCC(NC(=O)[C@@H](N)CC)C(C)C. The molecule has 0 rings (SSSR count). The number of rotatable bonds is 7. The number of hydrogen-bond donors (Lipinski definition) is 2. The summed E-state index contributed by atoms with van der Waals surface area (Å²) >= 11 is 0. The van der Waals surface area contributed by atoms with Crippen molar-refractivity contribution in [2.45, 2.75) is 46.2 Å². The quantitative estimate of drug-likeness (QED) is 0.664. The molecule has 2 atom stereocenters. The van der Waals surface area contributed by atoms with Crippen molar-refractivity contribution in [3.63, 3.8) is 0 Å². The molecule has 0 saturated heterocycles. The van der Waals surface area contributed by atoms with Crippen molar-refractivity contribution in [2.75, 3.05) is 13.2 Å². The minimum Gasteiger partial charge on any atom is -0.380 e. The van der Waals surface area contributed by atoms with E-state index < -0.39 is 6.04 Å². The molecule has 1 amide bonds. The van der Waals surface area contributed by atoms with Crippen molar-refractivity contribution < 1.29 is 9.53 Å². The molecular formula is C11H24N2O2. The van der Waals surface area contributed by atoms with Gasteiger partial charge in [0.25, 0.3) is 0 Å². The highest BCUT2D eigenvalue weighted by Gasteiger charge is 2.19. The topological polar surface area (TPSA) is 64.3 Å². The number of carbonyl (C=O) groups is 1. The highest BCUT2D eigenvalue weighted by molar-refractivity contribution is 5.81. The van der Waals surface area contributed by atoms with Crippen LogP contribution in [0.1, 0.15) is 34.1 Å². The summed E-state index contributed by atoms with van der Waals surface area (Å²) in [5.74, 6) is 0.264. The van der Waals surface area contributed by atoms with E-state index in [1.807, 2.05) is 13.8 Å². The second-order valence-corrected chi connectivity index (χ2v) is 4.03. The Morgan fingerprint density at radius 2 is 2.00 bits per heavy atom. The van der Waals surface area contributed by atoms with Crippen molar-refractivity contribution in [3.8, 4) is 0 Å². The maximum absolute atomic E-state index is 11.6. The van der Waals surface area contributed by atoms with E-state index in [1.54, 1.807) is 0 Å². The van der Waals surface area contributed by atoms with E-state index in [-0.39, 0.29) is 11.9 Å². The molecule has 0 radical (unpaired) electrons. The number of amides is 1. The van der Waals surface area contributed by atoms with Crippen molar-refractivity contribution in [2.24, 2.45) is 11.7 Å². The third-order valence-corrected chi connectivity index (χ3v) is 2.41. The van der Waals surface area contributed by atoms with Crippen molar-refractivity contribution in [3.05, 3.63) is 0 Å². The first kappa shape index (κ1) is 14.4. The number of carbonyl (C=O) groups excluding carboxylic acids is 1. The minimum absolute atomic E-state index is 0.0510. The number of ether oxygens (including phenoxy) is 1. The van der Waals surface area contributed by atoms with Gasteiger partial charge < -0.3 is 15.8 Å². The summed E-state index contributed by atoms with van der Waals surface area (Å²) in [5.41, 5.74) is 5.64. The highest BCUT2D eigenvalue weighted by atomic mass is 16.5. The van der Waals surface area contributed by atoms with Crippen molar-refractivity contribution in [1.82, 2.24) is 5.32 Å². The summed E-state index contributed by atoms with van der Waals surface area (Å²) in [6.45, 7) is 9.17. The first-order valence-electron chi connectivity index (χ1n) is 5.66. The first-order valence-corrected chi connectivity index (χ1v) is 5.66. The molecule has 3 N–H and O–H groups in total. The molecule has 0 saturated carbocycles. The maximum Gasteiger partial charge on any atom is 0.237 e. The highest BCUT2D eigenvalue weighted by Crippen LogP contribution is 2.03.